The number of anilines is 1. The summed E-state index contributed by atoms with van der Waals surface area (Å²) < 4.78 is 24.1. The highest BCUT2D eigenvalue weighted by Crippen LogP contribution is 2.34. The molecule has 2 heterocycles. The Kier molecular flexibility index (Phi) is 6.38. The first-order chi connectivity index (χ1) is 11.5. The number of nitrogens with one attached hydrogen (secondary N) is 1. The highest BCUT2D eigenvalue weighted by atomic mass is 35.5. The van der Waals surface area contributed by atoms with Crippen molar-refractivity contribution in [3.8, 4) is 5.88 Å². The van der Waals surface area contributed by atoms with Crippen LogP contribution in [0.4, 0.5) is 10.2 Å². The van der Waals surface area contributed by atoms with Gasteiger partial charge in [-0.15, -0.1) is 0 Å². The molecular formula is C14H16ClFN4O3S. The van der Waals surface area contributed by atoms with Crippen molar-refractivity contribution in [2.75, 3.05) is 32.3 Å². The number of halogens is 2. The van der Waals surface area contributed by atoms with E-state index in [-0.39, 0.29) is 28.9 Å². The quantitative estimate of drug-likeness (QED) is 0.260. The second-order valence-corrected chi connectivity index (χ2v) is 5.75. The van der Waals surface area contributed by atoms with Crippen LogP contribution < -0.4 is 10.1 Å². The molecule has 0 bridgehead atoms. The number of methoxy groups -OCH3 is 2. The van der Waals surface area contributed by atoms with Crippen molar-refractivity contribution < 1.29 is 18.7 Å². The molecule has 7 nitrogen and oxygen atoms in total. The Balaban J connectivity index is 2.40. The van der Waals surface area contributed by atoms with Crippen LogP contribution in [0.2, 0.25) is 5.15 Å². The van der Waals surface area contributed by atoms with Gasteiger partial charge < -0.3 is 14.8 Å². The minimum Gasteiger partial charge on any atom is -0.480 e. The van der Waals surface area contributed by atoms with Crippen LogP contribution in [0.3, 0.4) is 0 Å². The van der Waals surface area contributed by atoms with Crippen LogP contribution in [0.5, 0.6) is 5.88 Å². The van der Waals surface area contributed by atoms with E-state index in [1.807, 2.05) is 0 Å². The molecule has 24 heavy (non-hydrogen) atoms. The minimum atomic E-state index is -0.734. The third-order valence-corrected chi connectivity index (χ3v) is 3.94. The van der Waals surface area contributed by atoms with Crippen LogP contribution in [-0.4, -0.2) is 47.9 Å². The average Bonchev–Trinajstić information content (AvgIpc) is 2.60. The number of thioether (sulfide) groups is 1. The molecule has 0 aliphatic carbocycles. The fourth-order valence-electron chi connectivity index (χ4n) is 2.00. The number of hydrogen-bond donors (Lipinski definition) is 1. The lowest BCUT2D eigenvalue weighted by molar-refractivity contribution is -0.140. The predicted octanol–water partition coefficient (Wildman–Crippen LogP) is 2.91. The number of rotatable bonds is 7. The summed E-state index contributed by atoms with van der Waals surface area (Å²) in [6.45, 7) is 0.433. The number of pyridine rings is 1. The van der Waals surface area contributed by atoms with Gasteiger partial charge in [0.25, 0.3) is 0 Å². The van der Waals surface area contributed by atoms with E-state index in [9.17, 15) is 9.18 Å². The molecule has 0 fully saturated rings. The summed E-state index contributed by atoms with van der Waals surface area (Å²) >= 11 is 7.06. The number of ether oxygens (including phenoxy) is 2. The molecule has 0 aliphatic heterocycles. The van der Waals surface area contributed by atoms with Crippen molar-refractivity contribution >= 4 is 46.1 Å². The van der Waals surface area contributed by atoms with Gasteiger partial charge in [-0.3, -0.25) is 4.79 Å². The number of carbonyl (C=O) groups is 1. The van der Waals surface area contributed by atoms with E-state index in [2.05, 4.69) is 25.0 Å². The zero-order chi connectivity index (χ0) is 17.7. The first-order valence-electron chi connectivity index (χ1n) is 6.97. The summed E-state index contributed by atoms with van der Waals surface area (Å²) in [5, 5.41) is 3.42. The lowest BCUT2D eigenvalue weighted by Crippen LogP contribution is -2.10. The monoisotopic (exact) mass is 374 g/mol. The molecule has 10 heteroatoms. The zero-order valence-electron chi connectivity index (χ0n) is 13.4. The first-order valence-corrected chi connectivity index (χ1v) is 8.57. The van der Waals surface area contributed by atoms with E-state index in [4.69, 9.17) is 16.3 Å². The van der Waals surface area contributed by atoms with Crippen LogP contribution in [0.15, 0.2) is 5.16 Å². The van der Waals surface area contributed by atoms with Crippen molar-refractivity contribution in [3.63, 3.8) is 0 Å². The van der Waals surface area contributed by atoms with Gasteiger partial charge in [-0.1, -0.05) is 23.4 Å². The summed E-state index contributed by atoms with van der Waals surface area (Å²) in [4.78, 5) is 23.5. The third-order valence-electron chi connectivity index (χ3n) is 3.14. The van der Waals surface area contributed by atoms with Crippen LogP contribution in [0.25, 0.3) is 10.9 Å². The lowest BCUT2D eigenvalue weighted by Gasteiger charge is -2.13. The molecule has 0 amide bonds. The second kappa shape index (κ2) is 8.29. The van der Waals surface area contributed by atoms with Gasteiger partial charge in [0.05, 0.1) is 14.2 Å². The Bertz CT molecular complexity index is 763. The van der Waals surface area contributed by atoms with E-state index in [0.29, 0.717) is 29.3 Å². The topological polar surface area (TPSA) is 86.2 Å². The molecule has 0 aromatic carbocycles. The van der Waals surface area contributed by atoms with E-state index < -0.39 is 5.82 Å². The maximum atomic E-state index is 14.3. The molecule has 0 atom stereocenters. The summed E-state index contributed by atoms with van der Waals surface area (Å²) in [6, 6.07) is 0. The number of fused-ring (bicyclic) bond motifs is 1. The third kappa shape index (κ3) is 3.96. The molecule has 2 rings (SSSR count). The number of nitrogens with zero attached hydrogens (tertiary/aromatic N) is 3. The number of aromatic nitrogens is 3. The van der Waals surface area contributed by atoms with Crippen molar-refractivity contribution in [2.24, 2.45) is 0 Å². The van der Waals surface area contributed by atoms with Crippen LogP contribution >= 0.6 is 23.4 Å². The highest BCUT2D eigenvalue weighted by Gasteiger charge is 2.20. The van der Waals surface area contributed by atoms with Gasteiger partial charge in [-0.05, 0) is 12.7 Å². The Morgan fingerprint density at radius 2 is 2.08 bits per heavy atom. The number of esters is 1. The maximum Gasteiger partial charge on any atom is 0.305 e. The standard InChI is InChI=1S/C14H16ClFN4O3S/c1-22-7(21)5-4-6-17-12-8-10(18-14(20-12)24-3)9(16)11(15)19-13(8)23-2/h4-6H2,1-3H3,(H,17,18,20). The number of hydrogen-bond acceptors (Lipinski definition) is 8. The SMILES string of the molecule is COC(=O)CCCNc1nc(SC)nc2c(F)c(Cl)nc(OC)c12. The average molecular weight is 375 g/mol. The maximum absolute atomic E-state index is 14.3. The van der Waals surface area contributed by atoms with Gasteiger partial charge in [-0.2, -0.15) is 4.98 Å². The second-order valence-electron chi connectivity index (χ2n) is 4.61. The van der Waals surface area contributed by atoms with Crippen molar-refractivity contribution in [3.05, 3.63) is 11.0 Å². The van der Waals surface area contributed by atoms with Crippen molar-refractivity contribution in [1.82, 2.24) is 15.0 Å². The van der Waals surface area contributed by atoms with E-state index in [1.54, 1.807) is 6.26 Å². The van der Waals surface area contributed by atoms with E-state index in [0.717, 1.165) is 0 Å². The molecule has 130 valence electrons. The van der Waals surface area contributed by atoms with Crippen LogP contribution in [0.1, 0.15) is 12.8 Å². The van der Waals surface area contributed by atoms with Gasteiger partial charge in [0.2, 0.25) is 5.88 Å². The zero-order valence-corrected chi connectivity index (χ0v) is 14.9. The molecular weight excluding hydrogens is 359 g/mol. The Morgan fingerprint density at radius 3 is 2.71 bits per heavy atom. The first kappa shape index (κ1) is 18.5. The molecule has 0 spiro atoms. The summed E-state index contributed by atoms with van der Waals surface area (Å²) in [5.74, 6) is -0.539. The van der Waals surface area contributed by atoms with Crippen molar-refractivity contribution in [1.29, 1.82) is 0 Å². The molecule has 0 saturated heterocycles. The predicted molar refractivity (Wildman–Crippen MR) is 90.4 cm³/mol. The van der Waals surface area contributed by atoms with E-state index in [1.165, 1.54) is 26.0 Å². The lowest BCUT2D eigenvalue weighted by atomic mass is 10.2. The molecule has 0 radical (unpaired) electrons. The van der Waals surface area contributed by atoms with Gasteiger partial charge in [0.15, 0.2) is 16.1 Å². The minimum absolute atomic E-state index is 0.0293. The van der Waals surface area contributed by atoms with Gasteiger partial charge in [0, 0.05) is 13.0 Å². The molecule has 1 N–H and O–H groups in total. The Labute approximate surface area is 147 Å². The smallest absolute Gasteiger partial charge is 0.305 e. The molecule has 0 aliphatic rings. The fourth-order valence-corrected chi connectivity index (χ4v) is 2.53. The normalized spacial score (nSPS) is 10.7. The molecule has 2 aromatic heterocycles. The molecule has 2 aromatic rings. The summed E-state index contributed by atoms with van der Waals surface area (Å²) in [5.41, 5.74) is 0.0293. The van der Waals surface area contributed by atoms with Crippen molar-refractivity contribution in [2.45, 2.75) is 18.0 Å². The van der Waals surface area contributed by atoms with Gasteiger partial charge in [-0.25, -0.2) is 14.4 Å². The summed E-state index contributed by atoms with van der Waals surface area (Å²) in [7, 11) is 2.74. The molecule has 0 unspecified atom stereocenters. The summed E-state index contributed by atoms with van der Waals surface area (Å²) in [6.07, 6.45) is 2.57. The number of carbonyl (C=O) groups excluding carboxylic acids is 1. The highest BCUT2D eigenvalue weighted by molar-refractivity contribution is 7.98. The largest absolute Gasteiger partial charge is 0.480 e. The van der Waals surface area contributed by atoms with Gasteiger partial charge >= 0.3 is 5.97 Å². The Hall–Kier alpha value is -1.87. The van der Waals surface area contributed by atoms with Crippen LogP contribution in [0, 0.1) is 5.82 Å². The van der Waals surface area contributed by atoms with Gasteiger partial charge in [0.1, 0.15) is 16.7 Å². The molecule has 0 saturated carbocycles. The fraction of sp³-hybridized carbons (Fsp3) is 0.429. The Morgan fingerprint density at radius 1 is 1.33 bits per heavy atom. The van der Waals surface area contributed by atoms with Crippen LogP contribution in [-0.2, 0) is 9.53 Å². The van der Waals surface area contributed by atoms with E-state index >= 15 is 0 Å².